The van der Waals surface area contributed by atoms with Crippen LogP contribution in [0.1, 0.15) is 26.3 Å². The Balaban J connectivity index is 2.22. The van der Waals surface area contributed by atoms with E-state index in [4.69, 9.17) is 4.74 Å². The highest BCUT2D eigenvalue weighted by atomic mass is 16.5. The minimum absolute atomic E-state index is 0.111. The number of H-pyrrole nitrogens is 1. The van der Waals surface area contributed by atoms with Gasteiger partial charge in [-0.15, -0.1) is 0 Å². The van der Waals surface area contributed by atoms with Crippen molar-refractivity contribution in [2.24, 2.45) is 5.41 Å². The molecule has 0 spiro atoms. The molecule has 2 aromatic rings. The summed E-state index contributed by atoms with van der Waals surface area (Å²) in [6.45, 7) is 5.05. The molecular weight excluding hydrogens is 304 g/mol. The number of benzene rings is 1. The standard InChI is InChI=1S/C19H24N2O3/c1-13(22)21-15(9-10-19(2,3)18(23)24-4)11-14-12-20-17-8-6-5-7-16(14)17/h5-10,12,15,20H,11H2,1-4H3,(H,21,22)/b10-9+. The summed E-state index contributed by atoms with van der Waals surface area (Å²) in [5.74, 6) is -0.423. The van der Waals surface area contributed by atoms with Crippen LogP contribution in [0.2, 0.25) is 0 Å². The number of aromatic nitrogens is 1. The first-order chi connectivity index (χ1) is 11.3. The maximum absolute atomic E-state index is 11.8. The number of carbonyl (C=O) groups is 2. The lowest BCUT2D eigenvalue weighted by Gasteiger charge is -2.19. The zero-order valence-corrected chi connectivity index (χ0v) is 14.6. The monoisotopic (exact) mass is 328 g/mol. The van der Waals surface area contributed by atoms with Gasteiger partial charge in [0.2, 0.25) is 5.91 Å². The first-order valence-electron chi connectivity index (χ1n) is 7.93. The average molecular weight is 328 g/mol. The van der Waals surface area contributed by atoms with Crippen LogP contribution in [0.15, 0.2) is 42.6 Å². The number of amides is 1. The van der Waals surface area contributed by atoms with Crippen LogP contribution in [0.25, 0.3) is 10.9 Å². The van der Waals surface area contributed by atoms with E-state index in [1.807, 2.05) is 36.5 Å². The Hall–Kier alpha value is -2.56. The number of carbonyl (C=O) groups excluding carboxylic acids is 2. The lowest BCUT2D eigenvalue weighted by Crippen LogP contribution is -2.34. The number of fused-ring (bicyclic) bond motifs is 1. The highest BCUT2D eigenvalue weighted by Crippen LogP contribution is 2.22. The van der Waals surface area contributed by atoms with Gasteiger partial charge in [0.1, 0.15) is 0 Å². The molecule has 1 aromatic carbocycles. The predicted molar refractivity (Wildman–Crippen MR) is 94.5 cm³/mol. The zero-order valence-electron chi connectivity index (χ0n) is 14.6. The lowest BCUT2D eigenvalue weighted by molar-refractivity contribution is -0.148. The second-order valence-corrected chi connectivity index (χ2v) is 6.44. The van der Waals surface area contributed by atoms with E-state index >= 15 is 0 Å². The normalized spacial score (nSPS) is 13.2. The molecule has 0 aliphatic heterocycles. The van der Waals surface area contributed by atoms with Crippen molar-refractivity contribution < 1.29 is 14.3 Å². The molecule has 1 amide bonds. The van der Waals surface area contributed by atoms with Crippen molar-refractivity contribution in [2.45, 2.75) is 33.2 Å². The number of hydrogen-bond donors (Lipinski definition) is 2. The number of hydrogen-bond acceptors (Lipinski definition) is 3. The van der Waals surface area contributed by atoms with Crippen molar-refractivity contribution in [1.29, 1.82) is 0 Å². The second kappa shape index (κ2) is 7.34. The average Bonchev–Trinajstić information content (AvgIpc) is 2.94. The fourth-order valence-corrected chi connectivity index (χ4v) is 2.65. The van der Waals surface area contributed by atoms with Crippen molar-refractivity contribution in [3.63, 3.8) is 0 Å². The predicted octanol–water partition coefficient (Wildman–Crippen LogP) is 2.97. The molecule has 1 atom stereocenters. The summed E-state index contributed by atoms with van der Waals surface area (Å²) in [7, 11) is 1.37. The minimum Gasteiger partial charge on any atom is -0.468 e. The molecule has 0 saturated heterocycles. The Morgan fingerprint density at radius 3 is 2.71 bits per heavy atom. The van der Waals surface area contributed by atoms with Crippen molar-refractivity contribution in [3.05, 3.63) is 48.2 Å². The quantitative estimate of drug-likeness (QED) is 0.632. The number of ether oxygens (including phenoxy) is 1. The van der Waals surface area contributed by atoms with Gasteiger partial charge in [-0.2, -0.15) is 0 Å². The summed E-state index contributed by atoms with van der Waals surface area (Å²) < 4.78 is 4.81. The van der Waals surface area contributed by atoms with Crippen LogP contribution in [-0.2, 0) is 20.7 Å². The van der Waals surface area contributed by atoms with Gasteiger partial charge in [-0.1, -0.05) is 30.4 Å². The van der Waals surface area contributed by atoms with E-state index < -0.39 is 5.41 Å². The first-order valence-corrected chi connectivity index (χ1v) is 7.93. The van der Waals surface area contributed by atoms with Gasteiger partial charge in [0.25, 0.3) is 0 Å². The molecule has 128 valence electrons. The van der Waals surface area contributed by atoms with Gasteiger partial charge >= 0.3 is 5.97 Å². The first kappa shape index (κ1) is 17.8. The third kappa shape index (κ3) is 4.25. The van der Waals surface area contributed by atoms with Gasteiger partial charge in [0.15, 0.2) is 0 Å². The van der Waals surface area contributed by atoms with Crippen molar-refractivity contribution >= 4 is 22.8 Å². The van der Waals surface area contributed by atoms with E-state index in [-0.39, 0.29) is 17.9 Å². The van der Waals surface area contributed by atoms with E-state index in [9.17, 15) is 9.59 Å². The number of rotatable bonds is 6. The van der Waals surface area contributed by atoms with Crippen LogP contribution in [0.3, 0.4) is 0 Å². The molecule has 5 heteroatoms. The Bertz CT molecular complexity index is 759. The molecule has 0 radical (unpaired) electrons. The lowest BCUT2D eigenvalue weighted by atomic mass is 9.91. The molecule has 0 aliphatic rings. The Morgan fingerprint density at radius 1 is 1.33 bits per heavy atom. The van der Waals surface area contributed by atoms with E-state index in [0.29, 0.717) is 6.42 Å². The van der Waals surface area contributed by atoms with Crippen LogP contribution >= 0.6 is 0 Å². The molecule has 1 unspecified atom stereocenters. The molecule has 0 saturated carbocycles. The van der Waals surface area contributed by atoms with Crippen LogP contribution in [0.4, 0.5) is 0 Å². The molecule has 5 nitrogen and oxygen atoms in total. The molecule has 24 heavy (non-hydrogen) atoms. The molecule has 2 rings (SSSR count). The number of esters is 1. The number of nitrogens with one attached hydrogen (secondary N) is 2. The van der Waals surface area contributed by atoms with E-state index in [2.05, 4.69) is 10.3 Å². The topological polar surface area (TPSA) is 71.2 Å². The Kier molecular flexibility index (Phi) is 5.44. The maximum Gasteiger partial charge on any atom is 0.315 e. The SMILES string of the molecule is COC(=O)C(C)(C)/C=C/C(Cc1c[nH]c2ccccc12)NC(C)=O. The van der Waals surface area contributed by atoms with Gasteiger partial charge in [-0.05, 0) is 31.9 Å². The second-order valence-electron chi connectivity index (χ2n) is 6.44. The highest BCUT2D eigenvalue weighted by molar-refractivity contribution is 5.83. The van der Waals surface area contributed by atoms with Gasteiger partial charge in [-0.25, -0.2) is 0 Å². The zero-order chi connectivity index (χ0) is 17.7. The van der Waals surface area contributed by atoms with Gasteiger partial charge in [0, 0.05) is 24.0 Å². The molecular formula is C19H24N2O3. The number of aromatic amines is 1. The fourth-order valence-electron chi connectivity index (χ4n) is 2.65. The van der Waals surface area contributed by atoms with Crippen LogP contribution in [-0.4, -0.2) is 30.0 Å². The summed E-state index contributed by atoms with van der Waals surface area (Å²) in [6.07, 6.45) is 6.24. The van der Waals surface area contributed by atoms with Crippen molar-refractivity contribution in [2.75, 3.05) is 7.11 Å². The molecule has 0 fully saturated rings. The molecule has 1 heterocycles. The fraction of sp³-hybridized carbons (Fsp3) is 0.368. The largest absolute Gasteiger partial charge is 0.468 e. The Morgan fingerprint density at radius 2 is 2.04 bits per heavy atom. The van der Waals surface area contributed by atoms with Gasteiger partial charge in [0.05, 0.1) is 18.6 Å². The van der Waals surface area contributed by atoms with Gasteiger partial charge < -0.3 is 15.0 Å². The summed E-state index contributed by atoms with van der Waals surface area (Å²) in [6, 6.07) is 7.83. The van der Waals surface area contributed by atoms with Crippen LogP contribution in [0, 0.1) is 5.41 Å². The Labute approximate surface area is 142 Å². The van der Waals surface area contributed by atoms with E-state index in [1.165, 1.54) is 14.0 Å². The molecule has 0 aliphatic carbocycles. The van der Waals surface area contributed by atoms with Crippen molar-refractivity contribution in [3.8, 4) is 0 Å². The van der Waals surface area contributed by atoms with Gasteiger partial charge in [-0.3, -0.25) is 9.59 Å². The minimum atomic E-state index is -0.744. The maximum atomic E-state index is 11.8. The summed E-state index contributed by atoms with van der Waals surface area (Å²) >= 11 is 0. The molecule has 0 bridgehead atoms. The van der Waals surface area contributed by atoms with E-state index in [0.717, 1.165) is 16.5 Å². The van der Waals surface area contributed by atoms with E-state index in [1.54, 1.807) is 19.9 Å². The van der Waals surface area contributed by atoms with Crippen LogP contribution < -0.4 is 5.32 Å². The number of para-hydroxylation sites is 1. The third-order valence-corrected chi connectivity index (χ3v) is 3.96. The smallest absolute Gasteiger partial charge is 0.315 e. The van der Waals surface area contributed by atoms with Crippen LogP contribution in [0.5, 0.6) is 0 Å². The van der Waals surface area contributed by atoms with Crippen molar-refractivity contribution in [1.82, 2.24) is 10.3 Å². The molecule has 1 aromatic heterocycles. The third-order valence-electron chi connectivity index (χ3n) is 3.96. The summed E-state index contributed by atoms with van der Waals surface area (Å²) in [4.78, 5) is 26.5. The summed E-state index contributed by atoms with van der Waals surface area (Å²) in [5.41, 5.74) is 1.43. The summed E-state index contributed by atoms with van der Waals surface area (Å²) in [5, 5.41) is 4.05. The number of methoxy groups -OCH3 is 1. The highest BCUT2D eigenvalue weighted by Gasteiger charge is 2.25. The molecule has 2 N–H and O–H groups in total.